The molecule has 1 heterocycles. The van der Waals surface area contributed by atoms with Gasteiger partial charge in [-0.3, -0.25) is 4.79 Å². The predicted octanol–water partition coefficient (Wildman–Crippen LogP) is 5.77. The Labute approximate surface area is 180 Å². The normalized spacial score (nSPS) is 13.9. The second kappa shape index (κ2) is 9.90. The van der Waals surface area contributed by atoms with E-state index in [4.69, 9.17) is 4.74 Å². The van der Waals surface area contributed by atoms with E-state index in [9.17, 15) is 4.79 Å². The van der Waals surface area contributed by atoms with E-state index in [2.05, 4.69) is 29.6 Å². The maximum absolute atomic E-state index is 12.4. The van der Waals surface area contributed by atoms with Crippen molar-refractivity contribution in [1.82, 2.24) is 0 Å². The topological polar surface area (TPSA) is 38.3 Å². The summed E-state index contributed by atoms with van der Waals surface area (Å²) < 4.78 is 6.21. The molecule has 1 aliphatic heterocycles. The molecule has 1 saturated heterocycles. The van der Waals surface area contributed by atoms with Crippen LogP contribution in [-0.2, 0) is 11.2 Å². The Kier molecular flexibility index (Phi) is 6.80. The van der Waals surface area contributed by atoms with Crippen LogP contribution < -0.4 is 10.1 Å². The molecule has 0 spiro atoms. The lowest BCUT2D eigenvalue weighted by Gasteiger charge is -2.13. The quantitative estimate of drug-likeness (QED) is 0.525. The first-order chi connectivity index (χ1) is 14.3. The zero-order valence-electron chi connectivity index (χ0n) is 16.0. The molecule has 0 saturated carbocycles. The Balaban J connectivity index is 1.33. The molecule has 148 valence electrons. The molecule has 0 atom stereocenters. The molecule has 0 bridgehead atoms. The Morgan fingerprint density at radius 2 is 1.59 bits per heavy atom. The van der Waals surface area contributed by atoms with Crippen molar-refractivity contribution < 1.29 is 9.53 Å². The van der Waals surface area contributed by atoms with Gasteiger partial charge in [-0.05, 0) is 41.3 Å². The van der Waals surface area contributed by atoms with Gasteiger partial charge in [0, 0.05) is 17.2 Å². The smallest absolute Gasteiger partial charge is 0.262 e. The van der Waals surface area contributed by atoms with Crippen molar-refractivity contribution in [3.05, 3.63) is 95.6 Å². The van der Waals surface area contributed by atoms with Crippen molar-refractivity contribution in [2.75, 3.05) is 23.4 Å². The number of anilines is 1. The molecule has 5 heteroatoms. The van der Waals surface area contributed by atoms with Crippen LogP contribution in [0, 0.1) is 0 Å². The molecule has 0 unspecified atom stereocenters. The maximum atomic E-state index is 12.4. The fourth-order valence-electron chi connectivity index (χ4n) is 3.22. The highest BCUT2D eigenvalue weighted by molar-refractivity contribution is 8.19. The van der Waals surface area contributed by atoms with Crippen molar-refractivity contribution in [2.24, 2.45) is 0 Å². The first-order valence-electron chi connectivity index (χ1n) is 9.65. The van der Waals surface area contributed by atoms with Crippen molar-refractivity contribution in [3.63, 3.8) is 0 Å². The first kappa shape index (κ1) is 19.9. The number of thioether (sulfide) groups is 2. The lowest BCUT2D eigenvalue weighted by molar-refractivity contribution is -0.118. The van der Waals surface area contributed by atoms with Crippen molar-refractivity contribution in [3.8, 4) is 5.75 Å². The van der Waals surface area contributed by atoms with Crippen molar-refractivity contribution in [2.45, 2.75) is 11.0 Å². The highest BCUT2D eigenvalue weighted by Gasteiger charge is 2.18. The molecular formula is C24H23NO2S2. The van der Waals surface area contributed by atoms with Crippen LogP contribution in [0.4, 0.5) is 5.69 Å². The number of nitrogens with one attached hydrogen (secondary N) is 1. The third kappa shape index (κ3) is 5.58. The van der Waals surface area contributed by atoms with Crippen LogP contribution in [0.5, 0.6) is 5.75 Å². The van der Waals surface area contributed by atoms with Gasteiger partial charge in [0.2, 0.25) is 0 Å². The van der Waals surface area contributed by atoms with Crippen LogP contribution in [0.25, 0.3) is 0 Å². The molecule has 1 N–H and O–H groups in total. The third-order valence-electron chi connectivity index (χ3n) is 4.67. The Hall–Kier alpha value is -2.37. The molecule has 0 aliphatic carbocycles. The Morgan fingerprint density at radius 3 is 2.34 bits per heavy atom. The minimum atomic E-state index is -0.156. The molecule has 1 fully saturated rings. The number of ether oxygens (including phenoxy) is 1. The number of amides is 1. The van der Waals surface area contributed by atoms with E-state index in [-0.39, 0.29) is 12.5 Å². The maximum Gasteiger partial charge on any atom is 0.262 e. The number of benzene rings is 3. The van der Waals surface area contributed by atoms with Crippen molar-refractivity contribution >= 4 is 35.1 Å². The highest BCUT2D eigenvalue weighted by atomic mass is 32.2. The molecule has 0 radical (unpaired) electrons. The van der Waals surface area contributed by atoms with E-state index in [0.29, 0.717) is 4.58 Å². The van der Waals surface area contributed by atoms with Crippen LogP contribution in [0.15, 0.2) is 78.9 Å². The number of para-hydroxylation sites is 1. The molecular weight excluding hydrogens is 398 g/mol. The molecule has 3 aromatic rings. The van der Waals surface area contributed by atoms with Gasteiger partial charge in [0.15, 0.2) is 6.61 Å². The van der Waals surface area contributed by atoms with E-state index in [1.54, 1.807) is 0 Å². The van der Waals surface area contributed by atoms with E-state index in [0.717, 1.165) is 23.4 Å². The zero-order valence-corrected chi connectivity index (χ0v) is 17.7. The summed E-state index contributed by atoms with van der Waals surface area (Å²) in [7, 11) is 0. The van der Waals surface area contributed by atoms with E-state index < -0.39 is 0 Å². The zero-order chi connectivity index (χ0) is 19.9. The van der Waals surface area contributed by atoms with Gasteiger partial charge in [-0.2, -0.15) is 0 Å². The third-order valence-corrected chi connectivity index (χ3v) is 7.78. The van der Waals surface area contributed by atoms with Crippen LogP contribution in [0.1, 0.15) is 21.3 Å². The number of hydrogen-bond acceptors (Lipinski definition) is 4. The number of carbonyl (C=O) groups excluding carboxylic acids is 1. The number of hydrogen-bond donors (Lipinski definition) is 1. The van der Waals surface area contributed by atoms with Gasteiger partial charge in [-0.15, -0.1) is 23.5 Å². The van der Waals surface area contributed by atoms with Gasteiger partial charge in [0.05, 0.1) is 4.58 Å². The largest absolute Gasteiger partial charge is 0.484 e. The molecule has 1 amide bonds. The minimum Gasteiger partial charge on any atom is -0.484 e. The molecule has 0 aromatic heterocycles. The minimum absolute atomic E-state index is 0.00799. The van der Waals surface area contributed by atoms with Crippen LogP contribution in [-0.4, -0.2) is 24.0 Å². The summed E-state index contributed by atoms with van der Waals surface area (Å²) >= 11 is 3.96. The van der Waals surface area contributed by atoms with Gasteiger partial charge in [-0.25, -0.2) is 0 Å². The summed E-state index contributed by atoms with van der Waals surface area (Å²) in [5, 5.41) is 2.99. The second-order valence-corrected chi connectivity index (χ2v) is 9.52. The highest BCUT2D eigenvalue weighted by Crippen LogP contribution is 2.45. The Bertz CT molecular complexity index is 939. The monoisotopic (exact) mass is 421 g/mol. The lowest BCUT2D eigenvalue weighted by Crippen LogP contribution is -2.21. The summed E-state index contributed by atoms with van der Waals surface area (Å²) in [5.41, 5.74) is 4.44. The van der Waals surface area contributed by atoms with Crippen LogP contribution >= 0.6 is 23.5 Å². The summed E-state index contributed by atoms with van der Waals surface area (Å²) in [6.45, 7) is -0.00799. The molecule has 29 heavy (non-hydrogen) atoms. The second-order valence-electron chi connectivity index (χ2n) is 6.80. The summed E-state index contributed by atoms with van der Waals surface area (Å²) in [6.07, 6.45) is 0.775. The van der Waals surface area contributed by atoms with Gasteiger partial charge in [0.25, 0.3) is 5.91 Å². The van der Waals surface area contributed by atoms with Gasteiger partial charge in [0.1, 0.15) is 5.75 Å². The lowest BCUT2D eigenvalue weighted by atomic mass is 10.0. The van der Waals surface area contributed by atoms with Crippen molar-refractivity contribution in [1.29, 1.82) is 0 Å². The predicted molar refractivity (Wildman–Crippen MR) is 124 cm³/mol. The summed E-state index contributed by atoms with van der Waals surface area (Å²) in [6, 6.07) is 26.2. The standard InChI is InChI=1S/C24H23NO2S2/c26-23(17-27-21-12-10-19(11-13-21)24-28-14-15-29-24)25-22-9-5-4-8-20(22)16-18-6-2-1-3-7-18/h1-13,24H,14-17H2,(H,25,26). The van der Waals surface area contributed by atoms with Crippen LogP contribution in [0.2, 0.25) is 0 Å². The van der Waals surface area contributed by atoms with Gasteiger partial charge >= 0.3 is 0 Å². The SMILES string of the molecule is O=C(COc1ccc(C2SCCS2)cc1)Nc1ccccc1Cc1ccccc1. The molecule has 1 aliphatic rings. The average Bonchev–Trinajstić information content (AvgIpc) is 3.30. The number of carbonyl (C=O) groups is 1. The molecule has 3 nitrogen and oxygen atoms in total. The summed E-state index contributed by atoms with van der Waals surface area (Å²) in [4.78, 5) is 12.4. The fourth-order valence-corrected chi connectivity index (χ4v) is 6.08. The van der Waals surface area contributed by atoms with E-state index >= 15 is 0 Å². The molecule has 4 rings (SSSR count). The average molecular weight is 422 g/mol. The van der Waals surface area contributed by atoms with Gasteiger partial charge < -0.3 is 10.1 Å². The van der Waals surface area contributed by atoms with E-state index in [1.165, 1.54) is 22.6 Å². The van der Waals surface area contributed by atoms with Crippen LogP contribution in [0.3, 0.4) is 0 Å². The molecule has 3 aromatic carbocycles. The van der Waals surface area contributed by atoms with Gasteiger partial charge in [-0.1, -0.05) is 60.7 Å². The summed E-state index contributed by atoms with van der Waals surface area (Å²) in [5.74, 6) is 2.98. The first-order valence-corrected chi connectivity index (χ1v) is 11.8. The van der Waals surface area contributed by atoms with E-state index in [1.807, 2.05) is 78.1 Å². The Morgan fingerprint density at radius 1 is 0.897 bits per heavy atom. The number of rotatable bonds is 7. The fraction of sp³-hybridized carbons (Fsp3) is 0.208.